The molecule has 0 saturated carbocycles. The average molecular weight is 480 g/mol. The van der Waals surface area contributed by atoms with Crippen molar-refractivity contribution in [2.24, 2.45) is 0 Å². The van der Waals surface area contributed by atoms with Crippen molar-refractivity contribution >= 4 is 11.8 Å². The van der Waals surface area contributed by atoms with Crippen LogP contribution in [0, 0.1) is 6.07 Å². The zero-order chi connectivity index (χ0) is 20.8. The number of hydrogen-bond donors (Lipinski definition) is 2. The van der Waals surface area contributed by atoms with Crippen molar-refractivity contribution in [1.82, 2.24) is 9.88 Å². The largest absolute Gasteiger partial charge is 0.497 e. The number of rotatable bonds is 9. The Bertz CT molecular complexity index is 995. The number of nitrogens with one attached hydrogen (secondary N) is 1. The average Bonchev–Trinajstić information content (AvgIpc) is 3.16. The molecule has 0 fully saturated rings. The second-order valence-corrected chi connectivity index (χ2v) is 6.58. The minimum Gasteiger partial charge on any atom is -0.497 e. The summed E-state index contributed by atoms with van der Waals surface area (Å²) in [5.41, 5.74) is 4.08. The maximum absolute atomic E-state index is 12.1. The third kappa shape index (κ3) is 5.66. The van der Waals surface area contributed by atoms with Crippen molar-refractivity contribution in [2.45, 2.75) is 12.8 Å². The molecular formula is C23H23N2O4Y-. The molecule has 2 N–H and O–H groups in total. The molecule has 7 heteroatoms. The normalized spacial score (nSPS) is 10.3. The number of ether oxygens (including phenoxy) is 1. The summed E-state index contributed by atoms with van der Waals surface area (Å²) < 4.78 is 7.21. The van der Waals surface area contributed by atoms with Crippen LogP contribution in [0.4, 0.5) is 0 Å². The van der Waals surface area contributed by atoms with E-state index in [0.29, 0.717) is 12.0 Å². The van der Waals surface area contributed by atoms with Gasteiger partial charge in [-0.25, -0.2) is 0 Å². The number of hydrogen-bond acceptors (Lipinski definition) is 4. The van der Waals surface area contributed by atoms with E-state index < -0.39 is 5.97 Å². The summed E-state index contributed by atoms with van der Waals surface area (Å²) in [5.74, 6) is -0.0954. The molecule has 0 aliphatic carbocycles. The van der Waals surface area contributed by atoms with E-state index in [4.69, 9.17) is 9.84 Å². The van der Waals surface area contributed by atoms with E-state index in [0.717, 1.165) is 28.4 Å². The van der Waals surface area contributed by atoms with Gasteiger partial charge in [0.25, 0.3) is 0 Å². The molecule has 1 aromatic heterocycles. The maximum Gasteiger partial charge on any atom is 0.303 e. The second kappa shape index (κ2) is 11.2. The van der Waals surface area contributed by atoms with Crippen LogP contribution in [0.2, 0.25) is 0 Å². The number of Topliss-reactive ketones (excluding diaryl/α,β-unsaturated/α-hetero) is 1. The predicted octanol–water partition coefficient (Wildman–Crippen LogP) is 3.37. The van der Waals surface area contributed by atoms with Gasteiger partial charge in [-0.2, -0.15) is 18.2 Å². The smallest absolute Gasteiger partial charge is 0.303 e. The summed E-state index contributed by atoms with van der Waals surface area (Å²) in [4.78, 5) is 23.1. The summed E-state index contributed by atoms with van der Waals surface area (Å²) in [7, 11) is 3.35. The first-order chi connectivity index (χ1) is 14.0. The predicted molar refractivity (Wildman–Crippen MR) is 111 cm³/mol. The molecule has 1 heterocycles. The van der Waals surface area contributed by atoms with Crippen LogP contribution in [-0.2, 0) is 43.9 Å². The number of aryl methyl sites for hydroxylation is 1. The summed E-state index contributed by atoms with van der Waals surface area (Å²) in [6.07, 6.45) is 0.421. The summed E-state index contributed by atoms with van der Waals surface area (Å²) in [6, 6.07) is 20.0. The molecule has 3 rings (SSSR count). The first kappa shape index (κ1) is 24.0. The van der Waals surface area contributed by atoms with Gasteiger partial charge in [0.05, 0.1) is 19.2 Å². The Balaban J connectivity index is 0.00000320. The van der Waals surface area contributed by atoms with Gasteiger partial charge < -0.3 is 24.5 Å². The molecule has 0 saturated heterocycles. The van der Waals surface area contributed by atoms with Crippen molar-refractivity contribution in [3.05, 3.63) is 71.9 Å². The number of carbonyl (C=O) groups excluding carboxylic acids is 1. The molecule has 0 spiro atoms. The first-order valence-electron chi connectivity index (χ1n) is 9.30. The van der Waals surface area contributed by atoms with E-state index in [1.807, 2.05) is 47.0 Å². The number of carboxylic acid groups (broad SMARTS) is 1. The van der Waals surface area contributed by atoms with Gasteiger partial charge in [0, 0.05) is 44.9 Å². The molecule has 0 aliphatic rings. The van der Waals surface area contributed by atoms with Crippen LogP contribution in [0.3, 0.4) is 0 Å². The fourth-order valence-corrected chi connectivity index (χ4v) is 3.17. The minimum atomic E-state index is -0.847. The standard InChI is InChI=1S/C23H23N2O4.Y/c1-24-15-22(26)17-3-7-18(8-4-17)25-19(10-14-23(27)28)9-13-21(25)16-5-11-20(29-2)12-6-16;/h3-7,9,11-13,24H,10,14-15H2,1-2H3,(H,27,28);/q-1;. The molecule has 153 valence electrons. The zero-order valence-electron chi connectivity index (χ0n) is 17.0. The number of aromatic nitrogens is 1. The molecule has 3 aromatic rings. The van der Waals surface area contributed by atoms with Crippen LogP contribution in [0.25, 0.3) is 16.9 Å². The molecule has 0 unspecified atom stereocenters. The van der Waals surface area contributed by atoms with Gasteiger partial charge in [-0.05, 0) is 55.4 Å². The van der Waals surface area contributed by atoms with Crippen LogP contribution in [0.1, 0.15) is 22.5 Å². The summed E-state index contributed by atoms with van der Waals surface area (Å²) in [6.45, 7) is 0.262. The van der Waals surface area contributed by atoms with E-state index in [-0.39, 0.29) is 51.5 Å². The second-order valence-electron chi connectivity index (χ2n) is 6.58. The third-order valence-electron chi connectivity index (χ3n) is 4.64. The molecule has 2 aromatic carbocycles. The maximum atomic E-state index is 12.1. The van der Waals surface area contributed by atoms with E-state index in [9.17, 15) is 9.59 Å². The van der Waals surface area contributed by atoms with E-state index in [1.165, 1.54) is 0 Å². The van der Waals surface area contributed by atoms with Gasteiger partial charge in [0.1, 0.15) is 11.5 Å². The van der Waals surface area contributed by atoms with Gasteiger partial charge in [0.2, 0.25) is 0 Å². The molecule has 0 bridgehead atoms. The number of ketones is 1. The quantitative estimate of drug-likeness (QED) is 0.363. The van der Waals surface area contributed by atoms with Crippen LogP contribution in [0.5, 0.6) is 5.75 Å². The van der Waals surface area contributed by atoms with Crippen molar-refractivity contribution in [1.29, 1.82) is 0 Å². The SMILES string of the molecule is CNCC(=O)c1c[c-]c(-n2c(CCC(=O)O)ccc2-c2ccc(OC)cc2)cc1.[Y]. The number of carbonyl (C=O) groups is 2. The monoisotopic (exact) mass is 480 g/mol. The number of nitrogens with zero attached hydrogens (tertiary/aromatic N) is 1. The van der Waals surface area contributed by atoms with E-state index in [2.05, 4.69) is 11.4 Å². The summed E-state index contributed by atoms with van der Waals surface area (Å²) in [5, 5.41) is 11.9. The van der Waals surface area contributed by atoms with Crippen LogP contribution >= 0.6 is 0 Å². The van der Waals surface area contributed by atoms with Gasteiger partial charge in [-0.3, -0.25) is 4.79 Å². The van der Waals surface area contributed by atoms with E-state index in [1.54, 1.807) is 26.3 Å². The molecule has 0 amide bonds. The number of methoxy groups -OCH3 is 1. The zero-order valence-corrected chi connectivity index (χ0v) is 19.9. The van der Waals surface area contributed by atoms with Crippen molar-refractivity contribution in [3.63, 3.8) is 0 Å². The van der Waals surface area contributed by atoms with Crippen LogP contribution in [0.15, 0.2) is 54.6 Å². The Morgan fingerprint density at radius 3 is 2.40 bits per heavy atom. The Morgan fingerprint density at radius 2 is 1.83 bits per heavy atom. The Kier molecular flexibility index (Phi) is 8.96. The number of likely N-dealkylation sites (N-methyl/N-ethyl adjacent to an activating group) is 1. The van der Waals surface area contributed by atoms with Crippen molar-refractivity contribution in [2.75, 3.05) is 20.7 Å². The van der Waals surface area contributed by atoms with Crippen molar-refractivity contribution in [3.8, 4) is 22.7 Å². The van der Waals surface area contributed by atoms with Gasteiger partial charge >= 0.3 is 5.97 Å². The molecular weight excluding hydrogens is 457 g/mol. The first-order valence-corrected chi connectivity index (χ1v) is 9.30. The fourth-order valence-electron chi connectivity index (χ4n) is 3.17. The molecule has 0 aliphatic heterocycles. The molecule has 1 radical (unpaired) electrons. The number of aliphatic carboxylic acids is 1. The number of carboxylic acids is 1. The Morgan fingerprint density at radius 1 is 1.10 bits per heavy atom. The molecule has 6 nitrogen and oxygen atoms in total. The minimum absolute atomic E-state index is 0. The summed E-state index contributed by atoms with van der Waals surface area (Å²) >= 11 is 0. The van der Waals surface area contributed by atoms with E-state index >= 15 is 0 Å². The molecule has 30 heavy (non-hydrogen) atoms. The van der Waals surface area contributed by atoms with Crippen LogP contribution < -0.4 is 10.1 Å². The number of benzene rings is 2. The third-order valence-corrected chi connectivity index (χ3v) is 4.64. The Hall–Kier alpha value is -2.28. The van der Waals surface area contributed by atoms with Crippen molar-refractivity contribution < 1.29 is 52.1 Å². The van der Waals surface area contributed by atoms with Gasteiger partial charge in [0.15, 0.2) is 0 Å². The van der Waals surface area contributed by atoms with Gasteiger partial charge in [-0.1, -0.05) is 11.3 Å². The van der Waals surface area contributed by atoms with Gasteiger partial charge in [-0.15, -0.1) is 6.07 Å². The Labute approximate surface area is 201 Å². The fraction of sp³-hybridized carbons (Fsp3) is 0.217. The topological polar surface area (TPSA) is 80.6 Å². The molecule has 0 atom stereocenters. The van der Waals surface area contributed by atoms with Crippen LogP contribution in [-0.4, -0.2) is 42.1 Å².